The summed E-state index contributed by atoms with van der Waals surface area (Å²) < 4.78 is 10.6. The molecule has 22 heavy (non-hydrogen) atoms. The second-order valence-electron chi connectivity index (χ2n) is 5.65. The number of hydrogen-bond donors (Lipinski definition) is 1. The van der Waals surface area contributed by atoms with E-state index in [1.54, 1.807) is 20.3 Å². The molecular weight excluding hydrogens is 302 g/mol. The molecule has 5 heteroatoms. The lowest BCUT2D eigenvalue weighted by Crippen LogP contribution is -2.27. The Bertz CT molecular complexity index is 592. The average molecular weight is 324 g/mol. The van der Waals surface area contributed by atoms with Crippen LogP contribution in [0.1, 0.15) is 28.8 Å². The normalized spacial score (nSPS) is 19.7. The SMILES string of the molecule is COc1cc2c(cc1OC)C(=O)/C(=C\C1CCNCC1)C2.Cl. The maximum atomic E-state index is 12.6. The van der Waals surface area contributed by atoms with Crippen molar-refractivity contribution in [1.29, 1.82) is 0 Å². The van der Waals surface area contributed by atoms with E-state index in [1.807, 2.05) is 6.07 Å². The largest absolute Gasteiger partial charge is 0.493 e. The third kappa shape index (κ3) is 3.13. The molecule has 2 aliphatic rings. The predicted octanol–water partition coefficient (Wildman–Crippen LogP) is 2.79. The van der Waals surface area contributed by atoms with Crippen LogP contribution < -0.4 is 14.8 Å². The summed E-state index contributed by atoms with van der Waals surface area (Å²) in [5, 5.41) is 3.35. The van der Waals surface area contributed by atoms with E-state index in [1.165, 1.54) is 0 Å². The standard InChI is InChI=1S/C17H21NO3.ClH/c1-20-15-9-12-8-13(7-11-3-5-18-6-4-11)17(19)14(12)10-16(15)21-2;/h7,9-11,18H,3-6,8H2,1-2H3;1H/b13-7-;. The van der Waals surface area contributed by atoms with E-state index in [2.05, 4.69) is 11.4 Å². The van der Waals surface area contributed by atoms with Gasteiger partial charge in [0.2, 0.25) is 0 Å². The van der Waals surface area contributed by atoms with Crippen LogP contribution in [0, 0.1) is 5.92 Å². The van der Waals surface area contributed by atoms with Crippen molar-refractivity contribution in [2.75, 3.05) is 27.3 Å². The molecule has 1 aliphatic heterocycles. The number of ketones is 1. The van der Waals surface area contributed by atoms with Crippen molar-refractivity contribution in [3.05, 3.63) is 34.9 Å². The van der Waals surface area contributed by atoms with Gasteiger partial charge in [-0.25, -0.2) is 0 Å². The van der Waals surface area contributed by atoms with Gasteiger partial charge < -0.3 is 14.8 Å². The van der Waals surface area contributed by atoms with Crippen molar-refractivity contribution < 1.29 is 14.3 Å². The van der Waals surface area contributed by atoms with Gasteiger partial charge in [-0.15, -0.1) is 12.4 Å². The first-order valence-electron chi connectivity index (χ1n) is 7.44. The Balaban J connectivity index is 0.00000176. The highest BCUT2D eigenvalue weighted by atomic mass is 35.5. The van der Waals surface area contributed by atoms with Gasteiger partial charge >= 0.3 is 0 Å². The van der Waals surface area contributed by atoms with Gasteiger partial charge in [-0.1, -0.05) is 6.08 Å². The number of fused-ring (bicyclic) bond motifs is 1. The van der Waals surface area contributed by atoms with E-state index in [-0.39, 0.29) is 18.2 Å². The van der Waals surface area contributed by atoms with E-state index in [0.717, 1.165) is 42.6 Å². The second-order valence-corrected chi connectivity index (χ2v) is 5.65. The molecule has 0 amide bonds. The smallest absolute Gasteiger partial charge is 0.189 e. The van der Waals surface area contributed by atoms with E-state index in [9.17, 15) is 4.79 Å². The van der Waals surface area contributed by atoms with Crippen LogP contribution in [0.15, 0.2) is 23.8 Å². The minimum absolute atomic E-state index is 0. The molecule has 1 N–H and O–H groups in total. The summed E-state index contributed by atoms with van der Waals surface area (Å²) in [6, 6.07) is 3.73. The third-order valence-corrected chi connectivity index (χ3v) is 4.35. The zero-order valence-electron chi connectivity index (χ0n) is 13.0. The summed E-state index contributed by atoms with van der Waals surface area (Å²) in [6.07, 6.45) is 5.11. The number of carbonyl (C=O) groups is 1. The second kappa shape index (κ2) is 7.16. The Morgan fingerprint density at radius 2 is 1.77 bits per heavy atom. The minimum atomic E-state index is 0. The van der Waals surface area contributed by atoms with E-state index >= 15 is 0 Å². The predicted molar refractivity (Wildman–Crippen MR) is 88.5 cm³/mol. The number of piperidine rings is 1. The number of ether oxygens (including phenoxy) is 2. The van der Waals surface area contributed by atoms with E-state index in [0.29, 0.717) is 23.8 Å². The summed E-state index contributed by atoms with van der Waals surface area (Å²) in [4.78, 5) is 12.6. The van der Waals surface area contributed by atoms with Crippen molar-refractivity contribution >= 4 is 18.2 Å². The van der Waals surface area contributed by atoms with Crippen LogP contribution in [0.25, 0.3) is 0 Å². The number of halogens is 1. The minimum Gasteiger partial charge on any atom is -0.493 e. The quantitative estimate of drug-likeness (QED) is 0.869. The molecule has 1 saturated heterocycles. The molecule has 1 heterocycles. The Labute approximate surface area is 137 Å². The van der Waals surface area contributed by atoms with Crippen molar-refractivity contribution in [3.8, 4) is 11.5 Å². The number of nitrogens with one attached hydrogen (secondary N) is 1. The molecule has 0 aromatic heterocycles. The maximum absolute atomic E-state index is 12.6. The molecule has 1 aromatic carbocycles. The van der Waals surface area contributed by atoms with Crippen LogP contribution in [0.2, 0.25) is 0 Å². The van der Waals surface area contributed by atoms with Gasteiger partial charge in [-0.3, -0.25) is 4.79 Å². The van der Waals surface area contributed by atoms with Gasteiger partial charge in [0.05, 0.1) is 14.2 Å². The van der Waals surface area contributed by atoms with E-state index in [4.69, 9.17) is 9.47 Å². The van der Waals surface area contributed by atoms with E-state index < -0.39 is 0 Å². The molecule has 0 radical (unpaired) electrons. The van der Waals surface area contributed by atoms with Gasteiger partial charge in [0, 0.05) is 17.6 Å². The molecule has 1 fully saturated rings. The highest BCUT2D eigenvalue weighted by Crippen LogP contribution is 2.37. The Morgan fingerprint density at radius 1 is 1.14 bits per heavy atom. The summed E-state index contributed by atoms with van der Waals surface area (Å²) in [7, 11) is 3.21. The lowest BCUT2D eigenvalue weighted by Gasteiger charge is -2.19. The van der Waals surface area contributed by atoms with Gasteiger partial charge in [-0.2, -0.15) is 0 Å². The number of rotatable bonds is 3. The lowest BCUT2D eigenvalue weighted by molar-refractivity contribution is 0.103. The number of Topliss-reactive ketones (excluding diaryl/α,β-unsaturated/α-hetero) is 1. The van der Waals surface area contributed by atoms with Crippen LogP contribution >= 0.6 is 12.4 Å². The number of hydrogen-bond acceptors (Lipinski definition) is 4. The summed E-state index contributed by atoms with van der Waals surface area (Å²) in [5.74, 6) is 1.97. The first-order valence-corrected chi connectivity index (χ1v) is 7.44. The van der Waals surface area contributed by atoms with Crippen molar-refractivity contribution in [2.45, 2.75) is 19.3 Å². The first-order chi connectivity index (χ1) is 10.2. The summed E-state index contributed by atoms with van der Waals surface area (Å²) in [6.45, 7) is 2.08. The average Bonchev–Trinajstić information content (AvgIpc) is 2.82. The molecule has 0 spiro atoms. The van der Waals surface area contributed by atoms with Gasteiger partial charge in [0.25, 0.3) is 0 Å². The third-order valence-electron chi connectivity index (χ3n) is 4.35. The molecule has 4 nitrogen and oxygen atoms in total. The molecular formula is C17H22ClNO3. The first kappa shape index (κ1) is 16.8. The molecule has 1 aromatic rings. The van der Waals surface area contributed by atoms with Crippen LogP contribution in [0.4, 0.5) is 0 Å². The number of methoxy groups -OCH3 is 2. The molecule has 0 unspecified atom stereocenters. The zero-order chi connectivity index (χ0) is 14.8. The fourth-order valence-electron chi connectivity index (χ4n) is 3.17. The monoisotopic (exact) mass is 323 g/mol. The van der Waals surface area contributed by atoms with Gasteiger partial charge in [0.1, 0.15) is 0 Å². The molecule has 0 saturated carbocycles. The maximum Gasteiger partial charge on any atom is 0.189 e. The number of benzene rings is 1. The van der Waals surface area contributed by atoms with Crippen molar-refractivity contribution in [2.24, 2.45) is 5.92 Å². The highest BCUT2D eigenvalue weighted by Gasteiger charge is 2.28. The Hall–Kier alpha value is -1.52. The molecule has 1 aliphatic carbocycles. The molecule has 120 valence electrons. The lowest BCUT2D eigenvalue weighted by atomic mass is 9.94. The Morgan fingerprint density at radius 3 is 2.41 bits per heavy atom. The molecule has 0 atom stereocenters. The van der Waals surface area contributed by atoms with Gasteiger partial charge in [-0.05, 0) is 49.5 Å². The van der Waals surface area contributed by atoms with Crippen LogP contribution in [0.3, 0.4) is 0 Å². The molecule has 0 bridgehead atoms. The molecule has 3 rings (SSSR count). The summed E-state index contributed by atoms with van der Waals surface area (Å²) in [5.41, 5.74) is 2.72. The highest BCUT2D eigenvalue weighted by molar-refractivity contribution is 6.13. The van der Waals surface area contributed by atoms with Gasteiger partial charge in [0.15, 0.2) is 17.3 Å². The number of allylic oxidation sites excluding steroid dienone is 2. The fourth-order valence-corrected chi connectivity index (χ4v) is 3.17. The van der Waals surface area contributed by atoms with Crippen molar-refractivity contribution in [3.63, 3.8) is 0 Å². The fraction of sp³-hybridized carbons (Fsp3) is 0.471. The topological polar surface area (TPSA) is 47.6 Å². The Kier molecular flexibility index (Phi) is 5.48. The van der Waals surface area contributed by atoms with Crippen LogP contribution in [-0.2, 0) is 6.42 Å². The zero-order valence-corrected chi connectivity index (χ0v) is 13.8. The van der Waals surface area contributed by atoms with Crippen LogP contribution in [0.5, 0.6) is 11.5 Å². The number of carbonyl (C=O) groups excluding carboxylic acids is 1. The van der Waals surface area contributed by atoms with Crippen molar-refractivity contribution in [1.82, 2.24) is 5.32 Å². The van der Waals surface area contributed by atoms with Crippen LogP contribution in [-0.4, -0.2) is 33.1 Å². The summed E-state index contributed by atoms with van der Waals surface area (Å²) >= 11 is 0.